The Hall–Kier alpha value is -0.0400. The highest BCUT2D eigenvalue weighted by Gasteiger charge is 2.14. The Kier molecular flexibility index (Phi) is 9.92. The van der Waals surface area contributed by atoms with Gasteiger partial charge in [0, 0.05) is 0 Å². The summed E-state index contributed by atoms with van der Waals surface area (Å²) in [6.45, 7) is 12.4. The summed E-state index contributed by atoms with van der Waals surface area (Å²) in [5.41, 5.74) is 0. The normalized spacial score (nSPS) is 15.3. The molecule has 0 spiro atoms. The quantitative estimate of drug-likeness (QED) is 0.672. The van der Waals surface area contributed by atoms with E-state index in [9.17, 15) is 5.11 Å². The minimum Gasteiger partial charge on any atom is -0.393 e. The van der Waals surface area contributed by atoms with Crippen molar-refractivity contribution < 1.29 is 5.11 Å². The number of aliphatic hydroxyl groups is 1. The summed E-state index contributed by atoms with van der Waals surface area (Å²) in [5, 5.41) is 9.30. The van der Waals surface area contributed by atoms with Gasteiger partial charge in [-0.3, -0.25) is 0 Å². The van der Waals surface area contributed by atoms with Crippen LogP contribution in [0.4, 0.5) is 0 Å². The monoisotopic (exact) mass is 160 g/mol. The molecule has 11 heavy (non-hydrogen) atoms. The first-order valence-electron chi connectivity index (χ1n) is 4.77. The minimum atomic E-state index is -0.106. The molecule has 2 unspecified atom stereocenters. The third kappa shape index (κ3) is 6.36. The minimum absolute atomic E-state index is 0.106. The Morgan fingerprint density at radius 1 is 1.09 bits per heavy atom. The zero-order valence-electron chi connectivity index (χ0n) is 8.89. The molecule has 0 aromatic carbocycles. The van der Waals surface area contributed by atoms with Crippen LogP contribution in [0.15, 0.2) is 0 Å². The average molecular weight is 160 g/mol. The van der Waals surface area contributed by atoms with Gasteiger partial charge in [-0.15, -0.1) is 0 Å². The van der Waals surface area contributed by atoms with Crippen LogP contribution in [0.2, 0.25) is 0 Å². The van der Waals surface area contributed by atoms with Gasteiger partial charge in [-0.1, -0.05) is 41.5 Å². The van der Waals surface area contributed by atoms with Crippen molar-refractivity contribution in [3.63, 3.8) is 0 Å². The van der Waals surface area contributed by atoms with E-state index < -0.39 is 0 Å². The lowest BCUT2D eigenvalue weighted by molar-refractivity contribution is 0.0884. The molecule has 0 aromatic heterocycles. The molecule has 0 rings (SSSR count). The van der Waals surface area contributed by atoms with Gasteiger partial charge >= 0.3 is 0 Å². The molecule has 0 aliphatic rings. The van der Waals surface area contributed by atoms with E-state index in [1.54, 1.807) is 0 Å². The molecule has 2 atom stereocenters. The average Bonchev–Trinajstić information content (AvgIpc) is 2.05. The maximum atomic E-state index is 9.30. The molecule has 0 aromatic rings. The van der Waals surface area contributed by atoms with Crippen molar-refractivity contribution in [2.75, 3.05) is 0 Å². The lowest BCUT2D eigenvalue weighted by Crippen LogP contribution is -2.20. The largest absolute Gasteiger partial charge is 0.393 e. The molecular formula is C10H24O. The van der Waals surface area contributed by atoms with Crippen LogP contribution in [-0.2, 0) is 0 Å². The maximum absolute atomic E-state index is 9.30. The highest BCUT2D eigenvalue weighted by Crippen LogP contribution is 2.15. The Labute approximate surface area is 71.8 Å². The summed E-state index contributed by atoms with van der Waals surface area (Å²) in [6.07, 6.45) is 0.768. The van der Waals surface area contributed by atoms with Gasteiger partial charge < -0.3 is 5.11 Å². The van der Waals surface area contributed by atoms with Gasteiger partial charge in [0.1, 0.15) is 0 Å². The Balaban J connectivity index is 0. The van der Waals surface area contributed by atoms with Crippen molar-refractivity contribution in [2.45, 2.75) is 54.1 Å². The number of hydrogen-bond donors (Lipinski definition) is 1. The van der Waals surface area contributed by atoms with Crippen LogP contribution in [0, 0.1) is 11.8 Å². The van der Waals surface area contributed by atoms with E-state index in [1.165, 1.54) is 0 Å². The zero-order valence-corrected chi connectivity index (χ0v) is 8.89. The van der Waals surface area contributed by atoms with Gasteiger partial charge in [0.05, 0.1) is 6.10 Å². The molecule has 70 valence electrons. The Morgan fingerprint density at radius 3 is 1.55 bits per heavy atom. The first-order valence-corrected chi connectivity index (χ1v) is 4.77. The van der Waals surface area contributed by atoms with Crippen molar-refractivity contribution in [1.82, 2.24) is 0 Å². The highest BCUT2D eigenvalue weighted by molar-refractivity contribution is 4.64. The third-order valence-electron chi connectivity index (χ3n) is 2.08. The predicted octanol–water partition coefficient (Wildman–Crippen LogP) is 3.08. The lowest BCUT2D eigenvalue weighted by atomic mass is 9.91. The van der Waals surface area contributed by atoms with E-state index >= 15 is 0 Å². The second kappa shape index (κ2) is 8.06. The smallest absolute Gasteiger partial charge is 0.0565 e. The van der Waals surface area contributed by atoms with Crippen molar-refractivity contribution in [1.29, 1.82) is 0 Å². The van der Waals surface area contributed by atoms with Gasteiger partial charge in [-0.05, 0) is 18.3 Å². The van der Waals surface area contributed by atoms with Gasteiger partial charge in [0.15, 0.2) is 0 Å². The van der Waals surface area contributed by atoms with Crippen molar-refractivity contribution in [3.05, 3.63) is 0 Å². The highest BCUT2D eigenvalue weighted by atomic mass is 16.3. The summed E-state index contributed by atoms with van der Waals surface area (Å²) in [6, 6.07) is 0. The van der Waals surface area contributed by atoms with Crippen LogP contribution in [0.1, 0.15) is 48.0 Å². The van der Waals surface area contributed by atoms with Crippen LogP contribution in [0.25, 0.3) is 0 Å². The lowest BCUT2D eigenvalue weighted by Gasteiger charge is -2.20. The fourth-order valence-electron chi connectivity index (χ4n) is 0.816. The molecule has 0 aliphatic carbocycles. The first-order chi connectivity index (χ1) is 5.09. The van der Waals surface area contributed by atoms with E-state index in [-0.39, 0.29) is 6.10 Å². The van der Waals surface area contributed by atoms with Crippen LogP contribution < -0.4 is 0 Å². The van der Waals surface area contributed by atoms with Crippen LogP contribution in [0.5, 0.6) is 0 Å². The fourth-order valence-corrected chi connectivity index (χ4v) is 0.816. The van der Waals surface area contributed by atoms with Crippen molar-refractivity contribution >= 4 is 0 Å². The fraction of sp³-hybridized carbons (Fsp3) is 1.00. The molecule has 0 bridgehead atoms. The second-order valence-corrected chi connectivity index (χ2v) is 3.08. The summed E-state index contributed by atoms with van der Waals surface area (Å²) >= 11 is 0. The summed E-state index contributed by atoms with van der Waals surface area (Å²) in [7, 11) is 0. The van der Waals surface area contributed by atoms with Crippen molar-refractivity contribution in [3.8, 4) is 0 Å². The van der Waals surface area contributed by atoms with E-state index in [0.717, 1.165) is 6.42 Å². The van der Waals surface area contributed by atoms with Crippen LogP contribution >= 0.6 is 0 Å². The number of aliphatic hydroxyl groups excluding tert-OH is 1. The summed E-state index contributed by atoms with van der Waals surface area (Å²) in [4.78, 5) is 0. The van der Waals surface area contributed by atoms with E-state index in [1.807, 2.05) is 20.8 Å². The SMILES string of the molecule is CC.CCC(O)C(C)C(C)C. The molecule has 1 nitrogen and oxygen atoms in total. The number of hydrogen-bond acceptors (Lipinski definition) is 1. The Bertz CT molecular complexity index is 69.3. The molecule has 0 radical (unpaired) electrons. The third-order valence-corrected chi connectivity index (χ3v) is 2.08. The summed E-state index contributed by atoms with van der Waals surface area (Å²) < 4.78 is 0. The van der Waals surface area contributed by atoms with E-state index in [4.69, 9.17) is 0 Å². The molecule has 0 aliphatic heterocycles. The standard InChI is InChI=1S/C8H18O.C2H6/c1-5-8(9)7(4)6(2)3;1-2/h6-9H,5H2,1-4H3;1-2H3. The topological polar surface area (TPSA) is 20.2 Å². The molecule has 0 heterocycles. The van der Waals surface area contributed by atoms with E-state index in [2.05, 4.69) is 20.8 Å². The predicted molar refractivity (Wildman–Crippen MR) is 51.6 cm³/mol. The molecule has 0 saturated heterocycles. The van der Waals surface area contributed by atoms with Gasteiger partial charge in [0.2, 0.25) is 0 Å². The molecule has 0 fully saturated rings. The molecule has 1 N–H and O–H groups in total. The Morgan fingerprint density at radius 2 is 1.45 bits per heavy atom. The van der Waals surface area contributed by atoms with Gasteiger partial charge in [-0.25, -0.2) is 0 Å². The van der Waals surface area contributed by atoms with Gasteiger partial charge in [-0.2, -0.15) is 0 Å². The molecule has 1 heteroatoms. The maximum Gasteiger partial charge on any atom is 0.0565 e. The first kappa shape index (κ1) is 13.5. The van der Waals surface area contributed by atoms with Crippen LogP contribution in [0.3, 0.4) is 0 Å². The van der Waals surface area contributed by atoms with Crippen molar-refractivity contribution in [2.24, 2.45) is 11.8 Å². The second-order valence-electron chi connectivity index (χ2n) is 3.08. The van der Waals surface area contributed by atoms with Crippen LogP contribution in [-0.4, -0.2) is 11.2 Å². The zero-order chi connectivity index (χ0) is 9.44. The molecule has 0 amide bonds. The van der Waals surface area contributed by atoms with Gasteiger partial charge in [0.25, 0.3) is 0 Å². The number of rotatable bonds is 3. The molecular weight excluding hydrogens is 136 g/mol. The summed E-state index contributed by atoms with van der Waals surface area (Å²) in [5.74, 6) is 1.04. The molecule has 0 saturated carbocycles. The van der Waals surface area contributed by atoms with E-state index in [0.29, 0.717) is 11.8 Å².